The Labute approximate surface area is 103 Å². The summed E-state index contributed by atoms with van der Waals surface area (Å²) >= 11 is 5.78. The topological polar surface area (TPSA) is 58.7 Å². The lowest BCUT2D eigenvalue weighted by molar-refractivity contribution is 0.101. The number of aromatic nitrogens is 2. The molecule has 17 heavy (non-hydrogen) atoms. The van der Waals surface area contributed by atoms with E-state index in [0.29, 0.717) is 5.02 Å². The van der Waals surface area contributed by atoms with E-state index in [-0.39, 0.29) is 17.0 Å². The van der Waals surface area contributed by atoms with Gasteiger partial charge in [0.1, 0.15) is 17.3 Å². The maximum absolute atomic E-state index is 11.3. The molecule has 1 heterocycles. The van der Waals surface area contributed by atoms with E-state index in [2.05, 4.69) is 5.10 Å². The molecule has 0 saturated carbocycles. The number of rotatable bonds is 2. The number of carbonyl (C=O) groups is 1. The van der Waals surface area contributed by atoms with Crippen molar-refractivity contribution in [2.75, 3.05) is 0 Å². The third-order valence-corrected chi connectivity index (χ3v) is 2.51. The van der Waals surface area contributed by atoms with Crippen LogP contribution in [0, 0.1) is 11.3 Å². The van der Waals surface area contributed by atoms with Gasteiger partial charge in [-0.25, -0.2) is 4.68 Å². The number of nitrogens with zero attached hydrogens (tertiary/aromatic N) is 3. The van der Waals surface area contributed by atoms with Crippen LogP contribution in [0.2, 0.25) is 5.02 Å². The number of halogens is 1. The van der Waals surface area contributed by atoms with Crippen molar-refractivity contribution in [3.8, 4) is 11.8 Å². The highest BCUT2D eigenvalue weighted by Gasteiger charge is 2.13. The maximum atomic E-state index is 11.3. The molecule has 5 heteroatoms. The van der Waals surface area contributed by atoms with Crippen LogP contribution in [0.5, 0.6) is 0 Å². The van der Waals surface area contributed by atoms with Gasteiger partial charge in [0.05, 0.1) is 5.69 Å². The third kappa shape index (κ3) is 2.19. The Morgan fingerprint density at radius 3 is 2.53 bits per heavy atom. The summed E-state index contributed by atoms with van der Waals surface area (Å²) in [4.78, 5) is 11.3. The Morgan fingerprint density at radius 1 is 1.41 bits per heavy atom. The lowest BCUT2D eigenvalue weighted by Crippen LogP contribution is -1.99. The van der Waals surface area contributed by atoms with Crippen LogP contribution < -0.4 is 0 Å². The predicted octanol–water partition coefficient (Wildman–Crippen LogP) is 2.60. The molecular formula is C12H8ClN3O. The second kappa shape index (κ2) is 4.40. The van der Waals surface area contributed by atoms with Crippen molar-refractivity contribution in [3.63, 3.8) is 0 Å². The van der Waals surface area contributed by atoms with Gasteiger partial charge in [-0.15, -0.1) is 0 Å². The summed E-state index contributed by atoms with van der Waals surface area (Å²) in [5.74, 6) is -0.228. The van der Waals surface area contributed by atoms with E-state index < -0.39 is 0 Å². The molecule has 2 rings (SSSR count). The van der Waals surface area contributed by atoms with Crippen LogP contribution >= 0.6 is 11.6 Å². The summed E-state index contributed by atoms with van der Waals surface area (Å²) in [6.45, 7) is 1.38. The number of nitriles is 1. The van der Waals surface area contributed by atoms with E-state index in [0.717, 1.165) is 5.69 Å². The first kappa shape index (κ1) is 11.4. The zero-order valence-corrected chi connectivity index (χ0v) is 9.77. The van der Waals surface area contributed by atoms with Gasteiger partial charge in [0, 0.05) is 18.1 Å². The van der Waals surface area contributed by atoms with Crippen molar-refractivity contribution in [3.05, 3.63) is 46.7 Å². The summed E-state index contributed by atoms with van der Waals surface area (Å²) in [6, 6.07) is 8.92. The zero-order chi connectivity index (χ0) is 12.4. The van der Waals surface area contributed by atoms with Crippen molar-refractivity contribution < 1.29 is 4.79 Å². The van der Waals surface area contributed by atoms with Gasteiger partial charge < -0.3 is 0 Å². The van der Waals surface area contributed by atoms with Gasteiger partial charge in [-0.1, -0.05) is 11.6 Å². The Balaban J connectivity index is 2.51. The molecule has 0 atom stereocenters. The summed E-state index contributed by atoms with van der Waals surface area (Å²) in [5.41, 5.74) is 1.20. The first-order valence-corrected chi connectivity index (χ1v) is 5.26. The fraction of sp³-hybridized carbons (Fsp3) is 0.0833. The van der Waals surface area contributed by atoms with Crippen LogP contribution in [0.3, 0.4) is 0 Å². The smallest absolute Gasteiger partial charge is 0.181 e. The number of benzene rings is 1. The molecule has 4 nitrogen and oxygen atoms in total. The molecule has 1 aromatic heterocycles. The summed E-state index contributed by atoms with van der Waals surface area (Å²) in [6.07, 6.45) is 1.53. The van der Waals surface area contributed by atoms with Gasteiger partial charge in [-0.05, 0) is 24.3 Å². The Hall–Kier alpha value is -2.12. The Morgan fingerprint density at radius 2 is 2.06 bits per heavy atom. The van der Waals surface area contributed by atoms with Crippen LogP contribution in [0.15, 0.2) is 30.5 Å². The van der Waals surface area contributed by atoms with Crippen molar-refractivity contribution in [1.29, 1.82) is 5.26 Å². The fourth-order valence-corrected chi connectivity index (χ4v) is 1.57. The maximum Gasteiger partial charge on any atom is 0.181 e. The van der Waals surface area contributed by atoms with E-state index in [1.165, 1.54) is 17.8 Å². The number of ketones is 1. The molecule has 0 bridgehead atoms. The van der Waals surface area contributed by atoms with Gasteiger partial charge in [0.2, 0.25) is 0 Å². The van der Waals surface area contributed by atoms with E-state index in [9.17, 15) is 4.79 Å². The monoisotopic (exact) mass is 245 g/mol. The molecule has 0 unspecified atom stereocenters. The average molecular weight is 246 g/mol. The second-order valence-corrected chi connectivity index (χ2v) is 3.92. The van der Waals surface area contributed by atoms with Crippen LogP contribution in [-0.4, -0.2) is 15.6 Å². The molecule has 1 aromatic carbocycles. The quantitative estimate of drug-likeness (QED) is 0.764. The predicted molar refractivity (Wildman–Crippen MR) is 63.3 cm³/mol. The molecule has 0 spiro atoms. The van der Waals surface area contributed by atoms with Gasteiger partial charge in [-0.2, -0.15) is 10.4 Å². The standard InChI is InChI=1S/C12H8ClN3O/c1-8(17)12-9(6-14)7-16(15-12)11-4-2-10(13)3-5-11/h2-5,7H,1H3. The van der Waals surface area contributed by atoms with Gasteiger partial charge in [-0.3, -0.25) is 4.79 Å². The minimum Gasteiger partial charge on any atom is -0.293 e. The number of Topliss-reactive ketones (excluding diaryl/α,β-unsaturated/α-hetero) is 1. The van der Waals surface area contributed by atoms with E-state index >= 15 is 0 Å². The van der Waals surface area contributed by atoms with Gasteiger partial charge in [0.15, 0.2) is 5.78 Å². The highest BCUT2D eigenvalue weighted by atomic mass is 35.5. The highest BCUT2D eigenvalue weighted by Crippen LogP contribution is 2.15. The van der Waals surface area contributed by atoms with Crippen molar-refractivity contribution in [1.82, 2.24) is 9.78 Å². The molecule has 0 aliphatic rings. The van der Waals surface area contributed by atoms with Gasteiger partial charge in [0.25, 0.3) is 0 Å². The molecule has 0 amide bonds. The van der Waals surface area contributed by atoms with Crippen molar-refractivity contribution in [2.45, 2.75) is 6.92 Å². The molecule has 0 fully saturated rings. The lowest BCUT2D eigenvalue weighted by atomic mass is 10.2. The van der Waals surface area contributed by atoms with Crippen LogP contribution in [-0.2, 0) is 0 Å². The first-order valence-electron chi connectivity index (χ1n) is 4.88. The molecule has 0 aliphatic heterocycles. The SMILES string of the molecule is CC(=O)c1nn(-c2ccc(Cl)cc2)cc1C#N. The van der Waals surface area contributed by atoms with Crippen LogP contribution in [0.1, 0.15) is 23.0 Å². The number of hydrogen-bond acceptors (Lipinski definition) is 3. The van der Waals surface area contributed by atoms with Gasteiger partial charge >= 0.3 is 0 Å². The largest absolute Gasteiger partial charge is 0.293 e. The fourth-order valence-electron chi connectivity index (χ4n) is 1.44. The summed E-state index contributed by atoms with van der Waals surface area (Å²) < 4.78 is 1.49. The Kier molecular flexibility index (Phi) is 2.94. The minimum absolute atomic E-state index is 0.183. The molecule has 2 aromatic rings. The normalized spacial score (nSPS) is 9.94. The number of hydrogen-bond donors (Lipinski definition) is 0. The van der Waals surface area contributed by atoms with E-state index in [4.69, 9.17) is 16.9 Å². The average Bonchev–Trinajstić information content (AvgIpc) is 2.74. The van der Waals surface area contributed by atoms with Crippen molar-refractivity contribution in [2.24, 2.45) is 0 Å². The molecule has 0 saturated heterocycles. The molecular weight excluding hydrogens is 238 g/mol. The highest BCUT2D eigenvalue weighted by molar-refractivity contribution is 6.30. The molecule has 0 N–H and O–H groups in total. The molecule has 0 aliphatic carbocycles. The summed E-state index contributed by atoms with van der Waals surface area (Å²) in [7, 11) is 0. The second-order valence-electron chi connectivity index (χ2n) is 3.48. The molecule has 84 valence electrons. The number of carbonyl (C=O) groups excluding carboxylic acids is 1. The first-order chi connectivity index (χ1) is 8.11. The molecule has 0 radical (unpaired) electrons. The lowest BCUT2D eigenvalue weighted by Gasteiger charge is -1.99. The van der Waals surface area contributed by atoms with E-state index in [1.807, 2.05) is 6.07 Å². The van der Waals surface area contributed by atoms with Crippen molar-refractivity contribution >= 4 is 17.4 Å². The Bertz CT molecular complexity index is 608. The third-order valence-electron chi connectivity index (χ3n) is 2.26. The summed E-state index contributed by atoms with van der Waals surface area (Å²) in [5, 5.41) is 13.6. The van der Waals surface area contributed by atoms with E-state index in [1.54, 1.807) is 24.3 Å². The van der Waals surface area contributed by atoms with Crippen LogP contribution in [0.4, 0.5) is 0 Å². The minimum atomic E-state index is -0.228. The zero-order valence-electron chi connectivity index (χ0n) is 9.01. The van der Waals surface area contributed by atoms with Crippen LogP contribution in [0.25, 0.3) is 5.69 Å².